The van der Waals surface area contributed by atoms with Crippen molar-refractivity contribution in [2.75, 3.05) is 26.3 Å². The fourth-order valence-corrected chi connectivity index (χ4v) is 1.35. The Balaban J connectivity index is 2.30. The van der Waals surface area contributed by atoms with Crippen molar-refractivity contribution in [3.63, 3.8) is 0 Å². The summed E-state index contributed by atoms with van der Waals surface area (Å²) in [7, 11) is 0. The molecule has 0 amide bonds. The van der Waals surface area contributed by atoms with Crippen LogP contribution in [0.25, 0.3) is 0 Å². The maximum Gasteiger partial charge on any atom is 0.191 e. The number of rotatable bonds is 8. The van der Waals surface area contributed by atoms with Crippen LogP contribution in [0.1, 0.15) is 12.2 Å². The van der Waals surface area contributed by atoms with Crippen molar-refractivity contribution in [2.24, 2.45) is 4.99 Å². The van der Waals surface area contributed by atoms with E-state index in [0.29, 0.717) is 32.0 Å². The molecule has 0 saturated carbocycles. The lowest BCUT2D eigenvalue weighted by atomic mass is 10.3. The summed E-state index contributed by atoms with van der Waals surface area (Å²) in [6.07, 6.45) is 4.63. The van der Waals surface area contributed by atoms with Gasteiger partial charge in [-0.1, -0.05) is 6.08 Å². The molecule has 0 aromatic carbocycles. The number of alkyl halides is 1. The first kappa shape index (κ1) is 14.3. The average Bonchev–Trinajstić information content (AvgIpc) is 2.88. The van der Waals surface area contributed by atoms with Crippen molar-refractivity contribution >= 4 is 5.96 Å². The van der Waals surface area contributed by atoms with Crippen molar-refractivity contribution < 1.29 is 8.81 Å². The summed E-state index contributed by atoms with van der Waals surface area (Å²) in [5.41, 5.74) is 0. The first-order valence-corrected chi connectivity index (χ1v) is 6.08. The predicted octanol–water partition coefficient (Wildman–Crippen LogP) is 1.90. The van der Waals surface area contributed by atoms with Gasteiger partial charge in [0, 0.05) is 26.1 Å². The molecule has 0 aliphatic carbocycles. The fourth-order valence-electron chi connectivity index (χ4n) is 1.35. The maximum absolute atomic E-state index is 12.0. The van der Waals surface area contributed by atoms with E-state index in [1.54, 1.807) is 12.3 Å². The molecule has 0 aliphatic rings. The molecule has 0 bridgehead atoms. The normalized spacial score (nSPS) is 11.3. The molecule has 0 unspecified atom stereocenters. The number of nitrogens with zero attached hydrogens (tertiary/aromatic N) is 1. The van der Waals surface area contributed by atoms with Gasteiger partial charge >= 0.3 is 0 Å². The van der Waals surface area contributed by atoms with Crippen LogP contribution in [-0.4, -0.2) is 32.3 Å². The van der Waals surface area contributed by atoms with E-state index in [9.17, 15) is 4.39 Å². The molecule has 0 radical (unpaired) electrons. The molecule has 5 heteroatoms. The number of furan rings is 1. The highest BCUT2D eigenvalue weighted by atomic mass is 19.1. The highest BCUT2D eigenvalue weighted by Crippen LogP contribution is 1.99. The number of hydrogen-bond donors (Lipinski definition) is 2. The van der Waals surface area contributed by atoms with Crippen LogP contribution in [0.4, 0.5) is 4.39 Å². The van der Waals surface area contributed by atoms with Gasteiger partial charge in [0.2, 0.25) is 0 Å². The quantitative estimate of drug-likeness (QED) is 0.322. The molecule has 0 saturated heterocycles. The van der Waals surface area contributed by atoms with E-state index in [2.05, 4.69) is 22.2 Å². The fraction of sp³-hybridized carbons (Fsp3) is 0.462. The topological polar surface area (TPSA) is 49.6 Å². The average molecular weight is 253 g/mol. The summed E-state index contributed by atoms with van der Waals surface area (Å²) >= 11 is 0. The van der Waals surface area contributed by atoms with Crippen molar-refractivity contribution in [2.45, 2.75) is 12.8 Å². The van der Waals surface area contributed by atoms with Gasteiger partial charge in [0.05, 0.1) is 12.9 Å². The van der Waals surface area contributed by atoms with E-state index >= 15 is 0 Å². The lowest BCUT2D eigenvalue weighted by Crippen LogP contribution is -2.38. The Labute approximate surface area is 107 Å². The van der Waals surface area contributed by atoms with Gasteiger partial charge < -0.3 is 15.1 Å². The van der Waals surface area contributed by atoms with Crippen molar-refractivity contribution in [1.82, 2.24) is 10.6 Å². The monoisotopic (exact) mass is 253 g/mol. The second-order valence-electron chi connectivity index (χ2n) is 3.70. The molecular formula is C13H20FN3O. The van der Waals surface area contributed by atoms with Crippen LogP contribution in [0, 0.1) is 0 Å². The van der Waals surface area contributed by atoms with Gasteiger partial charge in [-0.15, -0.1) is 6.58 Å². The summed E-state index contributed by atoms with van der Waals surface area (Å²) in [6.45, 7) is 5.10. The van der Waals surface area contributed by atoms with Crippen LogP contribution in [0.15, 0.2) is 40.5 Å². The second kappa shape index (κ2) is 9.27. The number of hydrogen-bond acceptors (Lipinski definition) is 2. The highest BCUT2D eigenvalue weighted by Gasteiger charge is 1.99. The second-order valence-corrected chi connectivity index (χ2v) is 3.70. The summed E-state index contributed by atoms with van der Waals surface area (Å²) < 4.78 is 17.2. The third kappa shape index (κ3) is 6.08. The van der Waals surface area contributed by atoms with Gasteiger partial charge in [-0.3, -0.25) is 9.38 Å². The van der Waals surface area contributed by atoms with E-state index in [0.717, 1.165) is 12.2 Å². The van der Waals surface area contributed by atoms with Crippen LogP contribution in [0.2, 0.25) is 0 Å². The third-order valence-electron chi connectivity index (χ3n) is 2.22. The van der Waals surface area contributed by atoms with Gasteiger partial charge in [-0.05, 0) is 18.6 Å². The third-order valence-corrected chi connectivity index (χ3v) is 2.22. The largest absolute Gasteiger partial charge is 0.469 e. The minimum Gasteiger partial charge on any atom is -0.469 e. The van der Waals surface area contributed by atoms with E-state index in [1.807, 2.05) is 12.1 Å². The highest BCUT2D eigenvalue weighted by molar-refractivity contribution is 5.79. The summed E-state index contributed by atoms with van der Waals surface area (Å²) in [6, 6.07) is 3.79. The lowest BCUT2D eigenvalue weighted by Gasteiger charge is -2.10. The standard InChI is InChI=1S/C13H20FN3O/c1-2-8-15-13(16-9-4-7-14)17-10-6-12-5-3-11-18-12/h2-3,5,11H,1,4,6-10H2,(H2,15,16,17). The molecule has 0 fully saturated rings. The first-order chi connectivity index (χ1) is 8.86. The van der Waals surface area contributed by atoms with Gasteiger partial charge in [-0.2, -0.15) is 0 Å². The molecular weight excluding hydrogens is 233 g/mol. The number of halogens is 1. The van der Waals surface area contributed by atoms with Gasteiger partial charge in [-0.25, -0.2) is 0 Å². The molecule has 1 rings (SSSR count). The van der Waals surface area contributed by atoms with Crippen LogP contribution in [0.5, 0.6) is 0 Å². The minimum atomic E-state index is -0.343. The summed E-state index contributed by atoms with van der Waals surface area (Å²) in [5, 5.41) is 6.24. The number of guanidine groups is 1. The van der Waals surface area contributed by atoms with Crippen molar-refractivity contribution in [1.29, 1.82) is 0 Å². The maximum atomic E-state index is 12.0. The van der Waals surface area contributed by atoms with Crippen LogP contribution < -0.4 is 10.6 Å². The molecule has 18 heavy (non-hydrogen) atoms. The molecule has 1 aromatic rings. The van der Waals surface area contributed by atoms with Gasteiger partial charge in [0.15, 0.2) is 5.96 Å². The van der Waals surface area contributed by atoms with E-state index in [1.165, 1.54) is 0 Å². The van der Waals surface area contributed by atoms with Crippen LogP contribution >= 0.6 is 0 Å². The first-order valence-electron chi connectivity index (χ1n) is 6.08. The zero-order chi connectivity index (χ0) is 13.1. The molecule has 1 aromatic heterocycles. The molecule has 0 spiro atoms. The Hall–Kier alpha value is -1.78. The zero-order valence-corrected chi connectivity index (χ0v) is 10.5. The van der Waals surface area contributed by atoms with Crippen molar-refractivity contribution in [3.8, 4) is 0 Å². The van der Waals surface area contributed by atoms with Crippen LogP contribution in [-0.2, 0) is 6.42 Å². The molecule has 0 atom stereocenters. The van der Waals surface area contributed by atoms with Gasteiger partial charge in [0.25, 0.3) is 0 Å². The molecule has 1 heterocycles. The van der Waals surface area contributed by atoms with Crippen molar-refractivity contribution in [3.05, 3.63) is 36.8 Å². The smallest absolute Gasteiger partial charge is 0.191 e. The SMILES string of the molecule is C=CCNC(=NCCCF)NCCc1ccco1. The number of aliphatic imine (C=N–C) groups is 1. The predicted molar refractivity (Wildman–Crippen MR) is 71.5 cm³/mol. The van der Waals surface area contributed by atoms with E-state index in [-0.39, 0.29) is 6.67 Å². The summed E-state index contributed by atoms with van der Waals surface area (Å²) in [4.78, 5) is 4.25. The minimum absolute atomic E-state index is 0.343. The molecule has 2 N–H and O–H groups in total. The van der Waals surface area contributed by atoms with E-state index < -0.39 is 0 Å². The van der Waals surface area contributed by atoms with Gasteiger partial charge in [0.1, 0.15) is 5.76 Å². The summed E-state index contributed by atoms with van der Waals surface area (Å²) in [5.74, 6) is 1.60. The lowest BCUT2D eigenvalue weighted by molar-refractivity contribution is 0.477. The number of nitrogens with one attached hydrogen (secondary N) is 2. The Morgan fingerprint density at radius 2 is 2.39 bits per heavy atom. The Morgan fingerprint density at radius 3 is 3.06 bits per heavy atom. The Bertz CT molecular complexity index is 349. The Morgan fingerprint density at radius 1 is 1.50 bits per heavy atom. The molecule has 100 valence electrons. The molecule has 0 aliphatic heterocycles. The van der Waals surface area contributed by atoms with Crippen LogP contribution in [0.3, 0.4) is 0 Å². The molecule has 4 nitrogen and oxygen atoms in total. The zero-order valence-electron chi connectivity index (χ0n) is 10.5. The Kier molecular flexibility index (Phi) is 7.36. The van der Waals surface area contributed by atoms with E-state index in [4.69, 9.17) is 4.42 Å².